The minimum Gasteiger partial charge on any atom is -0.481 e. The monoisotopic (exact) mass is 601 g/mol. The SMILES string of the molecule is CC(C)(C)OC(=O)N[C@@H]1C[C@H](C(=O)O)[C@H]2OC(C)(C)O[C@H]21.CC(C)(C)OC(=O)N[C@@H]1C[C@H](C(N)=O)[C@H]2OC(C)(C)O[C@H]21. The molecule has 2 saturated carbocycles. The molecule has 14 heteroatoms. The number of nitrogens with one attached hydrogen (secondary N) is 2. The Kier molecular flexibility index (Phi) is 9.48. The van der Waals surface area contributed by atoms with Crippen molar-refractivity contribution < 1.29 is 52.7 Å². The molecule has 2 heterocycles. The molecule has 8 atom stereocenters. The summed E-state index contributed by atoms with van der Waals surface area (Å²) in [5.41, 5.74) is 4.22. The van der Waals surface area contributed by atoms with Crippen LogP contribution in [0.4, 0.5) is 9.59 Å². The predicted octanol–water partition coefficient (Wildman–Crippen LogP) is 2.41. The van der Waals surface area contributed by atoms with Gasteiger partial charge in [-0.2, -0.15) is 0 Å². The van der Waals surface area contributed by atoms with Gasteiger partial charge in [0, 0.05) is 0 Å². The Hall–Kier alpha value is -2.68. The molecule has 3 amide bonds. The third-order valence-corrected chi connectivity index (χ3v) is 7.02. The van der Waals surface area contributed by atoms with Crippen molar-refractivity contribution in [1.82, 2.24) is 10.6 Å². The van der Waals surface area contributed by atoms with E-state index in [-0.39, 0.29) is 12.5 Å². The second-order valence-electron chi connectivity index (χ2n) is 14.1. The van der Waals surface area contributed by atoms with Crippen LogP contribution in [-0.2, 0) is 38.0 Å². The smallest absolute Gasteiger partial charge is 0.407 e. The van der Waals surface area contributed by atoms with E-state index in [9.17, 15) is 24.3 Å². The molecule has 0 spiro atoms. The molecule has 0 aromatic heterocycles. The van der Waals surface area contributed by atoms with Crippen LogP contribution in [0.3, 0.4) is 0 Å². The first-order chi connectivity index (χ1) is 19.0. The first-order valence-corrected chi connectivity index (χ1v) is 14.2. The number of hydrogen-bond acceptors (Lipinski definition) is 10. The van der Waals surface area contributed by atoms with Gasteiger partial charge in [0.2, 0.25) is 5.91 Å². The topological polar surface area (TPSA) is 194 Å². The molecule has 5 N–H and O–H groups in total. The lowest BCUT2D eigenvalue weighted by Crippen LogP contribution is -2.45. The fourth-order valence-electron chi connectivity index (χ4n) is 5.68. The summed E-state index contributed by atoms with van der Waals surface area (Å²) in [5.74, 6) is -4.21. The summed E-state index contributed by atoms with van der Waals surface area (Å²) in [6.45, 7) is 17.7. The van der Waals surface area contributed by atoms with Crippen LogP contribution in [-0.4, -0.2) is 88.4 Å². The van der Waals surface area contributed by atoms with Gasteiger partial charge in [0.05, 0.1) is 23.9 Å². The Bertz CT molecular complexity index is 967. The lowest BCUT2D eigenvalue weighted by Gasteiger charge is -2.25. The number of nitrogens with two attached hydrogens (primary N) is 1. The lowest BCUT2D eigenvalue weighted by atomic mass is 10.1. The van der Waals surface area contributed by atoms with Gasteiger partial charge in [-0.1, -0.05) is 0 Å². The summed E-state index contributed by atoms with van der Waals surface area (Å²) in [4.78, 5) is 46.7. The average Bonchev–Trinajstić information content (AvgIpc) is 3.43. The fourth-order valence-corrected chi connectivity index (χ4v) is 5.68. The van der Waals surface area contributed by atoms with Crippen molar-refractivity contribution >= 4 is 24.1 Å². The first-order valence-electron chi connectivity index (χ1n) is 14.2. The van der Waals surface area contributed by atoms with Gasteiger partial charge >= 0.3 is 18.2 Å². The standard InChI is InChI=1S/C14H24N2O5.C14H23NO6/c1-13(2,3)21-12(18)16-8-6-7(11(15)17)9-10(8)20-14(4,5)19-9;1-13(2,3)21-12(18)15-8-6-7(11(16)17)9-10(8)20-14(4,5)19-9/h7-10H,6H2,1-5H3,(H2,15,17)(H,16,18);7-10H,6H2,1-5H3,(H,15,18)(H,16,17)/t2*7-,8+,9+,10-/m00/s1. The molecule has 0 aromatic rings. The second-order valence-corrected chi connectivity index (χ2v) is 14.1. The first kappa shape index (κ1) is 33.8. The molecule has 14 nitrogen and oxygen atoms in total. The molecule has 2 aliphatic heterocycles. The number of fused-ring (bicyclic) bond motifs is 2. The van der Waals surface area contributed by atoms with Crippen molar-refractivity contribution in [3.8, 4) is 0 Å². The molecule has 42 heavy (non-hydrogen) atoms. The zero-order valence-corrected chi connectivity index (χ0v) is 26.1. The minimum atomic E-state index is -0.945. The van der Waals surface area contributed by atoms with Crippen LogP contribution in [0, 0.1) is 11.8 Å². The van der Waals surface area contributed by atoms with Crippen LogP contribution >= 0.6 is 0 Å². The molecular formula is C28H47N3O11. The van der Waals surface area contributed by atoms with Gasteiger partial charge < -0.3 is 49.9 Å². The number of ether oxygens (including phenoxy) is 6. The number of alkyl carbamates (subject to hydrolysis) is 2. The molecule has 0 aromatic carbocycles. The lowest BCUT2D eigenvalue weighted by molar-refractivity contribution is -0.167. The molecule has 240 valence electrons. The summed E-state index contributed by atoms with van der Waals surface area (Å²) in [7, 11) is 0. The van der Waals surface area contributed by atoms with Crippen LogP contribution in [0.5, 0.6) is 0 Å². The van der Waals surface area contributed by atoms with E-state index in [0.29, 0.717) is 6.42 Å². The third-order valence-electron chi connectivity index (χ3n) is 7.02. The maximum Gasteiger partial charge on any atom is 0.407 e. The van der Waals surface area contributed by atoms with Crippen molar-refractivity contribution in [2.24, 2.45) is 17.6 Å². The summed E-state index contributed by atoms with van der Waals surface area (Å²) in [6, 6.07) is -0.795. The third kappa shape index (κ3) is 8.68. The van der Waals surface area contributed by atoms with Crippen LogP contribution in [0.2, 0.25) is 0 Å². The Labute approximate surface area is 246 Å². The van der Waals surface area contributed by atoms with Gasteiger partial charge in [-0.3, -0.25) is 9.59 Å². The molecule has 0 unspecified atom stereocenters. The van der Waals surface area contributed by atoms with Crippen LogP contribution in [0.1, 0.15) is 82.1 Å². The van der Waals surface area contributed by atoms with E-state index in [1.807, 2.05) is 0 Å². The number of primary amides is 1. The summed E-state index contributed by atoms with van der Waals surface area (Å²) >= 11 is 0. The summed E-state index contributed by atoms with van der Waals surface area (Å²) < 4.78 is 33.4. The minimum absolute atomic E-state index is 0.264. The highest BCUT2D eigenvalue weighted by atomic mass is 16.8. The number of carboxylic acids is 1. The van der Waals surface area contributed by atoms with Crippen molar-refractivity contribution in [2.75, 3.05) is 0 Å². The second kappa shape index (κ2) is 11.8. The van der Waals surface area contributed by atoms with E-state index in [1.165, 1.54) is 0 Å². The fraction of sp³-hybridized carbons (Fsp3) is 0.857. The van der Waals surface area contributed by atoms with E-state index < -0.39 is 89.1 Å². The molecule has 4 aliphatic rings. The van der Waals surface area contributed by atoms with E-state index >= 15 is 0 Å². The van der Waals surface area contributed by atoms with Gasteiger partial charge in [-0.05, 0) is 82.1 Å². The van der Waals surface area contributed by atoms with Gasteiger partial charge in [0.25, 0.3) is 0 Å². The summed E-state index contributed by atoms with van der Waals surface area (Å²) in [6.07, 6.45) is -2.33. The van der Waals surface area contributed by atoms with Gasteiger partial charge in [-0.25, -0.2) is 9.59 Å². The maximum atomic E-state index is 11.9. The number of carbonyl (C=O) groups is 4. The Morgan fingerprint density at radius 3 is 1.36 bits per heavy atom. The molecule has 2 saturated heterocycles. The molecule has 4 rings (SSSR count). The van der Waals surface area contributed by atoms with E-state index in [1.54, 1.807) is 69.2 Å². The van der Waals surface area contributed by atoms with Crippen molar-refractivity contribution in [3.63, 3.8) is 0 Å². The quantitative estimate of drug-likeness (QED) is 0.370. The van der Waals surface area contributed by atoms with Crippen LogP contribution < -0.4 is 16.4 Å². The Morgan fingerprint density at radius 1 is 0.690 bits per heavy atom. The van der Waals surface area contributed by atoms with Crippen LogP contribution in [0.15, 0.2) is 0 Å². The van der Waals surface area contributed by atoms with E-state index in [0.717, 1.165) is 0 Å². The maximum absolute atomic E-state index is 11.9. The number of carbonyl (C=O) groups excluding carboxylic acids is 3. The van der Waals surface area contributed by atoms with Gasteiger partial charge in [-0.15, -0.1) is 0 Å². The normalized spacial score (nSPS) is 34.3. The highest BCUT2D eigenvalue weighted by Crippen LogP contribution is 2.43. The summed E-state index contributed by atoms with van der Waals surface area (Å²) in [5, 5.41) is 14.7. The Balaban J connectivity index is 0.000000230. The number of amides is 3. The van der Waals surface area contributed by atoms with Gasteiger partial charge in [0.1, 0.15) is 35.6 Å². The largest absolute Gasteiger partial charge is 0.481 e. The zero-order valence-electron chi connectivity index (χ0n) is 26.1. The number of hydrogen-bond donors (Lipinski definition) is 4. The van der Waals surface area contributed by atoms with Crippen molar-refractivity contribution in [3.05, 3.63) is 0 Å². The zero-order chi connectivity index (χ0) is 32.0. The molecule has 2 aliphatic carbocycles. The average molecular weight is 602 g/mol. The number of aliphatic carboxylic acids is 1. The van der Waals surface area contributed by atoms with E-state index in [2.05, 4.69) is 10.6 Å². The van der Waals surface area contributed by atoms with Gasteiger partial charge in [0.15, 0.2) is 11.6 Å². The van der Waals surface area contributed by atoms with Crippen molar-refractivity contribution in [2.45, 2.75) is 141 Å². The number of carboxylic acid groups (broad SMARTS) is 1. The molecular weight excluding hydrogens is 554 g/mol. The molecule has 0 bridgehead atoms. The predicted molar refractivity (Wildman–Crippen MR) is 147 cm³/mol. The number of rotatable bonds is 4. The van der Waals surface area contributed by atoms with Crippen molar-refractivity contribution in [1.29, 1.82) is 0 Å². The molecule has 0 radical (unpaired) electrons. The Morgan fingerprint density at radius 2 is 1.02 bits per heavy atom. The van der Waals surface area contributed by atoms with E-state index in [4.69, 9.17) is 34.2 Å². The van der Waals surface area contributed by atoms with Crippen LogP contribution in [0.25, 0.3) is 0 Å². The molecule has 4 fully saturated rings. The highest BCUT2D eigenvalue weighted by molar-refractivity contribution is 5.78. The highest BCUT2D eigenvalue weighted by Gasteiger charge is 2.57.